The van der Waals surface area contributed by atoms with Gasteiger partial charge in [0.05, 0.1) is 0 Å². The van der Waals surface area contributed by atoms with E-state index < -0.39 is 17.5 Å². The molecule has 1 saturated carbocycles. The minimum absolute atomic E-state index is 0.0559. The number of pyridine rings is 1. The third-order valence-electron chi connectivity index (χ3n) is 5.30. The molecule has 0 saturated heterocycles. The van der Waals surface area contributed by atoms with Crippen LogP contribution in [0.2, 0.25) is 5.02 Å². The zero-order valence-corrected chi connectivity index (χ0v) is 16.9. The van der Waals surface area contributed by atoms with Crippen molar-refractivity contribution in [3.63, 3.8) is 0 Å². The first-order valence-electron chi connectivity index (χ1n) is 9.34. The van der Waals surface area contributed by atoms with Crippen molar-refractivity contribution in [3.05, 3.63) is 64.9 Å². The van der Waals surface area contributed by atoms with Gasteiger partial charge in [-0.25, -0.2) is 4.79 Å². The van der Waals surface area contributed by atoms with Crippen LogP contribution >= 0.6 is 11.6 Å². The molecule has 1 heterocycles. The number of nitrogens with zero attached hydrogens (tertiary/aromatic N) is 2. The molecule has 0 spiro atoms. The standard InChI is InChI=1S/C21H22ClN3O4/c1-24(20(28)29-14-25-12-6-7-15(13-25)19(23)27)21(11-5-4-10-18(21)26)16-8-2-3-9-17(16)22/h2-3,6-9,12-13H,4-5,10-11,14H2,1H3,(H-,23,27)/p+1. The van der Waals surface area contributed by atoms with Crippen molar-refractivity contribution in [2.75, 3.05) is 7.05 Å². The van der Waals surface area contributed by atoms with Crippen LogP contribution in [0.1, 0.15) is 41.6 Å². The van der Waals surface area contributed by atoms with E-state index in [4.69, 9.17) is 22.1 Å². The summed E-state index contributed by atoms with van der Waals surface area (Å²) in [5.41, 5.74) is 5.02. The van der Waals surface area contributed by atoms with Crippen molar-refractivity contribution in [1.82, 2.24) is 4.90 Å². The second kappa shape index (κ2) is 8.61. The highest BCUT2D eigenvalue weighted by atomic mass is 35.5. The zero-order chi connectivity index (χ0) is 21.0. The number of benzene rings is 1. The molecule has 1 atom stereocenters. The van der Waals surface area contributed by atoms with Crippen LogP contribution in [0.3, 0.4) is 0 Å². The summed E-state index contributed by atoms with van der Waals surface area (Å²) < 4.78 is 6.94. The maximum Gasteiger partial charge on any atom is 0.415 e. The Kier molecular flexibility index (Phi) is 6.17. The van der Waals surface area contributed by atoms with Crippen molar-refractivity contribution in [3.8, 4) is 0 Å². The molecule has 152 valence electrons. The lowest BCUT2D eigenvalue weighted by Crippen LogP contribution is -2.55. The van der Waals surface area contributed by atoms with Gasteiger partial charge in [-0.1, -0.05) is 29.8 Å². The number of primary amides is 1. The lowest BCUT2D eigenvalue weighted by molar-refractivity contribution is -0.727. The highest BCUT2D eigenvalue weighted by Gasteiger charge is 2.48. The fourth-order valence-electron chi connectivity index (χ4n) is 3.76. The van der Waals surface area contributed by atoms with Gasteiger partial charge in [0.15, 0.2) is 18.2 Å². The highest BCUT2D eigenvalue weighted by molar-refractivity contribution is 6.31. The number of rotatable bonds is 5. The number of aromatic nitrogens is 1. The van der Waals surface area contributed by atoms with Crippen LogP contribution in [0.15, 0.2) is 48.8 Å². The Morgan fingerprint density at radius 2 is 2.00 bits per heavy atom. The molecule has 1 aliphatic rings. The maximum atomic E-state index is 13.0. The number of likely N-dealkylation sites (N-methyl/N-ethyl adjacent to an activating group) is 1. The molecule has 3 rings (SSSR count). The minimum Gasteiger partial charge on any atom is -0.388 e. The van der Waals surface area contributed by atoms with Gasteiger partial charge in [0, 0.05) is 30.1 Å². The molecule has 1 aromatic heterocycles. The maximum absolute atomic E-state index is 13.0. The second-order valence-corrected chi connectivity index (χ2v) is 7.45. The van der Waals surface area contributed by atoms with Crippen LogP contribution in [0.25, 0.3) is 0 Å². The van der Waals surface area contributed by atoms with E-state index in [9.17, 15) is 14.4 Å². The minimum atomic E-state index is -1.16. The number of hydrogen-bond donors (Lipinski definition) is 1. The predicted molar refractivity (Wildman–Crippen MR) is 106 cm³/mol. The summed E-state index contributed by atoms with van der Waals surface area (Å²) in [5.74, 6) is -0.632. The summed E-state index contributed by atoms with van der Waals surface area (Å²) in [5, 5.41) is 0.436. The van der Waals surface area contributed by atoms with E-state index in [0.29, 0.717) is 29.0 Å². The third-order valence-corrected chi connectivity index (χ3v) is 5.63. The number of amides is 2. The molecule has 2 amide bonds. The lowest BCUT2D eigenvalue weighted by Gasteiger charge is -2.43. The predicted octanol–water partition coefficient (Wildman–Crippen LogP) is 2.79. The Labute approximate surface area is 174 Å². The Bertz CT molecular complexity index is 949. The van der Waals surface area contributed by atoms with Crippen LogP contribution in [0, 0.1) is 0 Å². The zero-order valence-electron chi connectivity index (χ0n) is 16.1. The number of carbonyl (C=O) groups excluding carboxylic acids is 3. The van der Waals surface area contributed by atoms with Gasteiger partial charge in [0.1, 0.15) is 11.1 Å². The van der Waals surface area contributed by atoms with Crippen molar-refractivity contribution >= 4 is 29.4 Å². The monoisotopic (exact) mass is 416 g/mol. The van der Waals surface area contributed by atoms with E-state index in [0.717, 1.165) is 12.8 Å². The lowest BCUT2D eigenvalue weighted by atomic mass is 9.74. The second-order valence-electron chi connectivity index (χ2n) is 7.04. The normalized spacial score (nSPS) is 18.9. The largest absolute Gasteiger partial charge is 0.415 e. The summed E-state index contributed by atoms with van der Waals surface area (Å²) in [6.07, 6.45) is 4.91. The van der Waals surface area contributed by atoms with Crippen LogP contribution in [-0.2, 0) is 21.8 Å². The van der Waals surface area contributed by atoms with Crippen LogP contribution in [0.5, 0.6) is 0 Å². The van der Waals surface area contributed by atoms with Gasteiger partial charge in [-0.15, -0.1) is 0 Å². The summed E-state index contributed by atoms with van der Waals surface area (Å²) in [6, 6.07) is 10.3. The number of hydrogen-bond acceptors (Lipinski definition) is 4. The van der Waals surface area contributed by atoms with Gasteiger partial charge in [0.2, 0.25) is 0 Å². The molecule has 1 unspecified atom stereocenters. The molecule has 1 aromatic carbocycles. The van der Waals surface area contributed by atoms with E-state index in [1.807, 2.05) is 0 Å². The van der Waals surface area contributed by atoms with E-state index in [2.05, 4.69) is 0 Å². The Hall–Kier alpha value is -2.93. The number of ether oxygens (including phenoxy) is 1. The molecule has 0 radical (unpaired) electrons. The Morgan fingerprint density at radius 1 is 1.24 bits per heavy atom. The number of ketones is 1. The smallest absolute Gasteiger partial charge is 0.388 e. The SMILES string of the molecule is CN(C(=O)OC[n+]1cccc(C(N)=O)c1)C1(c2ccccc2Cl)CCCCC1=O. The van der Waals surface area contributed by atoms with E-state index in [1.54, 1.807) is 49.6 Å². The molecule has 0 aliphatic heterocycles. The number of carbonyl (C=O) groups is 3. The Morgan fingerprint density at radius 3 is 2.69 bits per heavy atom. The van der Waals surface area contributed by atoms with Gasteiger partial charge >= 0.3 is 6.09 Å². The van der Waals surface area contributed by atoms with Gasteiger partial charge in [0.25, 0.3) is 12.6 Å². The first kappa shape index (κ1) is 20.8. The van der Waals surface area contributed by atoms with Crippen molar-refractivity contribution in [2.24, 2.45) is 5.73 Å². The fraction of sp³-hybridized carbons (Fsp3) is 0.333. The van der Waals surface area contributed by atoms with Crippen molar-refractivity contribution < 1.29 is 23.7 Å². The topological polar surface area (TPSA) is 93.6 Å². The van der Waals surface area contributed by atoms with E-state index in [-0.39, 0.29) is 12.5 Å². The molecular formula is C21H23ClN3O4+. The van der Waals surface area contributed by atoms with Crippen LogP contribution in [-0.4, -0.2) is 29.7 Å². The molecule has 29 heavy (non-hydrogen) atoms. The fourth-order valence-corrected chi connectivity index (χ4v) is 4.05. The summed E-state index contributed by atoms with van der Waals surface area (Å²) in [7, 11) is 1.55. The number of Topliss-reactive ketones (excluding diaryl/α,β-unsaturated/α-hetero) is 1. The molecule has 1 fully saturated rings. The van der Waals surface area contributed by atoms with Crippen LogP contribution in [0.4, 0.5) is 4.79 Å². The molecule has 0 bridgehead atoms. The van der Waals surface area contributed by atoms with Gasteiger partial charge in [-0.3, -0.25) is 14.5 Å². The molecule has 8 heteroatoms. The van der Waals surface area contributed by atoms with E-state index in [1.165, 1.54) is 15.7 Å². The first-order valence-corrected chi connectivity index (χ1v) is 9.72. The highest BCUT2D eigenvalue weighted by Crippen LogP contribution is 2.42. The first-order chi connectivity index (χ1) is 13.9. The molecule has 2 aromatic rings. The summed E-state index contributed by atoms with van der Waals surface area (Å²) in [6.45, 7) is -0.128. The third kappa shape index (κ3) is 4.10. The van der Waals surface area contributed by atoms with Gasteiger partial charge in [-0.2, -0.15) is 4.57 Å². The average molecular weight is 417 g/mol. The van der Waals surface area contributed by atoms with Crippen molar-refractivity contribution in [2.45, 2.75) is 38.0 Å². The molecule has 7 nitrogen and oxygen atoms in total. The quantitative estimate of drug-likeness (QED) is 0.758. The number of nitrogens with two attached hydrogens (primary N) is 1. The summed E-state index contributed by atoms with van der Waals surface area (Å²) in [4.78, 5) is 38.6. The Balaban J connectivity index is 1.85. The molecular weight excluding hydrogens is 394 g/mol. The summed E-state index contributed by atoms with van der Waals surface area (Å²) >= 11 is 6.40. The van der Waals surface area contributed by atoms with Gasteiger partial charge in [-0.05, 0) is 31.4 Å². The van der Waals surface area contributed by atoms with Gasteiger partial charge < -0.3 is 10.5 Å². The van der Waals surface area contributed by atoms with Crippen LogP contribution < -0.4 is 10.3 Å². The molecule has 1 aliphatic carbocycles. The number of halogens is 1. The van der Waals surface area contributed by atoms with E-state index >= 15 is 0 Å². The molecule has 2 N–H and O–H groups in total. The average Bonchev–Trinajstić information content (AvgIpc) is 2.73. The van der Waals surface area contributed by atoms with Crippen molar-refractivity contribution in [1.29, 1.82) is 0 Å².